The van der Waals surface area contributed by atoms with E-state index in [4.69, 9.17) is 16.9 Å². The number of anilines is 1. The highest BCUT2D eigenvalue weighted by molar-refractivity contribution is 6.29. The van der Waals surface area contributed by atoms with Gasteiger partial charge >= 0.3 is 0 Å². The quantitative estimate of drug-likeness (QED) is 0.815. The van der Waals surface area contributed by atoms with Gasteiger partial charge in [-0.15, -0.1) is 0 Å². The van der Waals surface area contributed by atoms with Crippen molar-refractivity contribution in [1.29, 1.82) is 5.26 Å². The summed E-state index contributed by atoms with van der Waals surface area (Å²) in [6.07, 6.45) is 4.89. The molecular weight excluding hydrogens is 234 g/mol. The third-order valence-electron chi connectivity index (χ3n) is 3.21. The van der Waals surface area contributed by atoms with Crippen molar-refractivity contribution in [3.63, 3.8) is 0 Å². The van der Waals surface area contributed by atoms with E-state index >= 15 is 0 Å². The van der Waals surface area contributed by atoms with Gasteiger partial charge in [0.1, 0.15) is 11.0 Å². The van der Waals surface area contributed by atoms with Crippen molar-refractivity contribution >= 4 is 17.4 Å². The monoisotopic (exact) mass is 249 g/mol. The van der Waals surface area contributed by atoms with E-state index in [-0.39, 0.29) is 0 Å². The van der Waals surface area contributed by atoms with Gasteiger partial charge in [0.15, 0.2) is 0 Å². The molecule has 0 bridgehead atoms. The summed E-state index contributed by atoms with van der Waals surface area (Å²) < 4.78 is 0. The van der Waals surface area contributed by atoms with Crippen LogP contribution in [0.1, 0.15) is 38.2 Å². The number of rotatable bonds is 2. The molecule has 1 fully saturated rings. The number of halogens is 1. The zero-order valence-electron chi connectivity index (χ0n) is 9.91. The van der Waals surface area contributed by atoms with Gasteiger partial charge in [0, 0.05) is 6.04 Å². The highest BCUT2D eigenvalue weighted by Crippen LogP contribution is 2.26. The fourth-order valence-corrected chi connectivity index (χ4v) is 2.62. The normalized spacial score (nSPS) is 24.1. The van der Waals surface area contributed by atoms with E-state index in [0.29, 0.717) is 22.6 Å². The van der Waals surface area contributed by atoms with Gasteiger partial charge in [0.05, 0.1) is 11.6 Å². The summed E-state index contributed by atoms with van der Waals surface area (Å²) in [4.78, 5) is 4.20. The molecule has 4 heteroatoms. The fourth-order valence-electron chi connectivity index (χ4n) is 2.41. The second-order valence-corrected chi connectivity index (χ2v) is 5.18. The largest absolute Gasteiger partial charge is 0.367 e. The molecule has 2 rings (SSSR count). The minimum Gasteiger partial charge on any atom is -0.367 e. The van der Waals surface area contributed by atoms with Gasteiger partial charge in [-0.1, -0.05) is 31.4 Å². The molecule has 1 aliphatic rings. The minimum absolute atomic E-state index is 0.371. The number of nitrogens with one attached hydrogen (secondary N) is 1. The second kappa shape index (κ2) is 5.37. The number of hydrogen-bond donors (Lipinski definition) is 1. The smallest absolute Gasteiger partial charge is 0.132 e. The van der Waals surface area contributed by atoms with Crippen LogP contribution in [0, 0.1) is 17.2 Å². The van der Waals surface area contributed by atoms with Crippen molar-refractivity contribution in [1.82, 2.24) is 4.98 Å². The molecule has 17 heavy (non-hydrogen) atoms. The first-order valence-electron chi connectivity index (χ1n) is 6.01. The molecule has 1 saturated carbocycles. The topological polar surface area (TPSA) is 48.7 Å². The molecule has 1 aromatic heterocycles. The van der Waals surface area contributed by atoms with Crippen molar-refractivity contribution in [3.05, 3.63) is 22.8 Å². The van der Waals surface area contributed by atoms with E-state index in [9.17, 15) is 0 Å². The Balaban J connectivity index is 2.07. The van der Waals surface area contributed by atoms with Crippen molar-refractivity contribution in [3.8, 4) is 6.07 Å². The van der Waals surface area contributed by atoms with E-state index in [0.717, 1.165) is 12.3 Å². The number of pyridine rings is 1. The van der Waals surface area contributed by atoms with Crippen LogP contribution in [0.5, 0.6) is 0 Å². The van der Waals surface area contributed by atoms with Gasteiger partial charge in [-0.25, -0.2) is 4.98 Å². The molecule has 0 aliphatic heterocycles. The molecule has 0 radical (unpaired) electrons. The molecule has 0 aromatic carbocycles. The Morgan fingerprint density at radius 3 is 3.00 bits per heavy atom. The fraction of sp³-hybridized carbons (Fsp3) is 0.538. The summed E-state index contributed by atoms with van der Waals surface area (Å²) in [5, 5.41) is 12.6. The summed E-state index contributed by atoms with van der Waals surface area (Å²) in [5.74, 6) is 1.48. The number of aromatic nitrogens is 1. The number of nitriles is 1. The lowest BCUT2D eigenvalue weighted by molar-refractivity contribution is 0.358. The molecule has 90 valence electrons. The van der Waals surface area contributed by atoms with E-state index in [1.165, 1.54) is 19.3 Å². The first kappa shape index (κ1) is 12.2. The minimum atomic E-state index is 0.371. The maximum absolute atomic E-state index is 8.87. The molecule has 1 heterocycles. The second-order valence-electron chi connectivity index (χ2n) is 4.79. The van der Waals surface area contributed by atoms with Crippen LogP contribution in [0.25, 0.3) is 0 Å². The van der Waals surface area contributed by atoms with Crippen LogP contribution >= 0.6 is 11.6 Å². The maximum Gasteiger partial charge on any atom is 0.132 e. The summed E-state index contributed by atoms with van der Waals surface area (Å²) in [6.45, 7) is 2.28. The van der Waals surface area contributed by atoms with Crippen LogP contribution in [0.3, 0.4) is 0 Å². The van der Waals surface area contributed by atoms with E-state index < -0.39 is 0 Å². The van der Waals surface area contributed by atoms with Gasteiger partial charge in [0.25, 0.3) is 0 Å². The lowest BCUT2D eigenvalue weighted by Gasteiger charge is -2.27. The predicted molar refractivity (Wildman–Crippen MR) is 69.0 cm³/mol. The van der Waals surface area contributed by atoms with Crippen LogP contribution in [-0.4, -0.2) is 11.0 Å². The van der Waals surface area contributed by atoms with Crippen molar-refractivity contribution in [2.45, 2.75) is 38.6 Å². The molecular formula is C13H16ClN3. The first-order chi connectivity index (χ1) is 8.17. The zero-order valence-corrected chi connectivity index (χ0v) is 10.7. The summed E-state index contributed by atoms with van der Waals surface area (Å²) >= 11 is 5.87. The third-order valence-corrected chi connectivity index (χ3v) is 3.41. The molecule has 0 saturated heterocycles. The van der Waals surface area contributed by atoms with Gasteiger partial charge in [-0.3, -0.25) is 0 Å². The van der Waals surface area contributed by atoms with E-state index in [1.807, 2.05) is 0 Å². The highest BCUT2D eigenvalue weighted by Gasteiger charge is 2.19. The standard InChI is InChI=1S/C13H16ClN3/c1-9-3-2-4-11(5-9)16-13-7-10(8-15)6-12(14)17-13/h6-7,9,11H,2-5H2,1H3,(H,16,17). The van der Waals surface area contributed by atoms with Crippen LogP contribution < -0.4 is 5.32 Å². The maximum atomic E-state index is 8.87. The Morgan fingerprint density at radius 2 is 2.29 bits per heavy atom. The Labute approximate surface area is 107 Å². The molecule has 1 N–H and O–H groups in total. The molecule has 0 amide bonds. The van der Waals surface area contributed by atoms with E-state index in [1.54, 1.807) is 12.1 Å². The van der Waals surface area contributed by atoms with E-state index in [2.05, 4.69) is 23.3 Å². The number of hydrogen-bond acceptors (Lipinski definition) is 3. The average molecular weight is 250 g/mol. The first-order valence-corrected chi connectivity index (χ1v) is 6.39. The molecule has 2 atom stereocenters. The molecule has 3 nitrogen and oxygen atoms in total. The Hall–Kier alpha value is -1.27. The number of nitrogens with zero attached hydrogens (tertiary/aromatic N) is 2. The SMILES string of the molecule is CC1CCCC(Nc2cc(C#N)cc(Cl)n2)C1. The predicted octanol–water partition coefficient (Wildman–Crippen LogP) is 3.60. The summed E-state index contributed by atoms with van der Waals surface area (Å²) in [7, 11) is 0. The lowest BCUT2D eigenvalue weighted by atomic mass is 9.87. The van der Waals surface area contributed by atoms with Gasteiger partial charge in [-0.05, 0) is 30.9 Å². The summed E-state index contributed by atoms with van der Waals surface area (Å²) in [6, 6.07) is 5.88. The Bertz CT molecular complexity index is 439. The van der Waals surface area contributed by atoms with Crippen LogP contribution in [-0.2, 0) is 0 Å². The van der Waals surface area contributed by atoms with Gasteiger partial charge < -0.3 is 5.32 Å². The summed E-state index contributed by atoms with van der Waals surface area (Å²) in [5.41, 5.74) is 0.552. The van der Waals surface area contributed by atoms with Crippen molar-refractivity contribution in [2.75, 3.05) is 5.32 Å². The van der Waals surface area contributed by atoms with Gasteiger partial charge in [-0.2, -0.15) is 5.26 Å². The zero-order chi connectivity index (χ0) is 12.3. The highest BCUT2D eigenvalue weighted by atomic mass is 35.5. The van der Waals surface area contributed by atoms with Gasteiger partial charge in [0.2, 0.25) is 0 Å². The molecule has 0 spiro atoms. The molecule has 1 aromatic rings. The Kier molecular flexibility index (Phi) is 3.86. The molecule has 2 unspecified atom stereocenters. The van der Waals surface area contributed by atoms with Crippen molar-refractivity contribution < 1.29 is 0 Å². The van der Waals surface area contributed by atoms with Crippen LogP contribution in [0.4, 0.5) is 5.82 Å². The lowest BCUT2D eigenvalue weighted by Crippen LogP contribution is -2.26. The van der Waals surface area contributed by atoms with Crippen LogP contribution in [0.15, 0.2) is 12.1 Å². The Morgan fingerprint density at radius 1 is 1.47 bits per heavy atom. The van der Waals surface area contributed by atoms with Crippen molar-refractivity contribution in [2.24, 2.45) is 5.92 Å². The third kappa shape index (κ3) is 3.34. The molecule has 1 aliphatic carbocycles. The average Bonchev–Trinajstić information content (AvgIpc) is 2.28. The van der Waals surface area contributed by atoms with Crippen LogP contribution in [0.2, 0.25) is 5.15 Å².